The molecule has 1 atom stereocenters. The summed E-state index contributed by atoms with van der Waals surface area (Å²) in [5.41, 5.74) is 0.117. The number of amides is 2. The van der Waals surface area contributed by atoms with Gasteiger partial charge < -0.3 is 5.32 Å². The third kappa shape index (κ3) is 1.46. The maximum atomic E-state index is 11.5. The van der Waals surface area contributed by atoms with Crippen LogP contribution in [0.4, 0.5) is 0 Å². The minimum absolute atomic E-state index is 0.0771. The third-order valence-corrected chi connectivity index (χ3v) is 2.90. The van der Waals surface area contributed by atoms with Crippen LogP contribution in [-0.2, 0) is 9.59 Å². The molecular formula is C9H14N2O2. The number of likely N-dealkylation sites (tertiary alicyclic amines) is 1. The summed E-state index contributed by atoms with van der Waals surface area (Å²) in [6.07, 6.45) is 2.54. The van der Waals surface area contributed by atoms with Crippen LogP contribution in [0.5, 0.6) is 0 Å². The maximum Gasteiger partial charge on any atom is 0.246 e. The van der Waals surface area contributed by atoms with Crippen LogP contribution in [0.3, 0.4) is 0 Å². The lowest BCUT2D eigenvalue weighted by Crippen LogP contribution is -2.43. The fourth-order valence-electron chi connectivity index (χ4n) is 1.62. The number of nitrogens with zero attached hydrogens (tertiary/aromatic N) is 1. The molecule has 13 heavy (non-hydrogen) atoms. The zero-order valence-corrected chi connectivity index (χ0v) is 7.96. The molecule has 4 heteroatoms. The smallest absolute Gasteiger partial charge is 0.246 e. The highest BCUT2D eigenvalue weighted by Gasteiger charge is 2.44. The van der Waals surface area contributed by atoms with Crippen molar-refractivity contribution in [3.05, 3.63) is 0 Å². The molecule has 2 amide bonds. The Morgan fingerprint density at radius 1 is 1.46 bits per heavy atom. The Labute approximate surface area is 77.3 Å². The van der Waals surface area contributed by atoms with Crippen LogP contribution in [0.25, 0.3) is 0 Å². The minimum Gasteiger partial charge on any atom is -0.300 e. The molecule has 1 saturated carbocycles. The Balaban J connectivity index is 2.01. The van der Waals surface area contributed by atoms with Crippen LogP contribution >= 0.6 is 0 Å². The molecule has 72 valence electrons. The number of rotatable bonds is 2. The number of carbonyl (C=O) groups is 2. The first-order valence-corrected chi connectivity index (χ1v) is 4.60. The van der Waals surface area contributed by atoms with Crippen molar-refractivity contribution in [2.75, 3.05) is 7.05 Å². The number of hydrogen-bond acceptors (Lipinski definition) is 3. The summed E-state index contributed by atoms with van der Waals surface area (Å²) in [5, 5.41) is 3.23. The lowest BCUT2D eigenvalue weighted by Gasteiger charge is -2.16. The predicted molar refractivity (Wildman–Crippen MR) is 47.0 cm³/mol. The van der Waals surface area contributed by atoms with Crippen LogP contribution in [0.2, 0.25) is 0 Å². The highest BCUT2D eigenvalue weighted by molar-refractivity contribution is 6.05. The van der Waals surface area contributed by atoms with E-state index in [4.69, 9.17) is 0 Å². The Bertz CT molecular complexity index is 271. The monoisotopic (exact) mass is 182 g/mol. The number of carbonyl (C=O) groups excluding carboxylic acids is 2. The molecule has 1 N–H and O–H groups in total. The van der Waals surface area contributed by atoms with Gasteiger partial charge in [-0.2, -0.15) is 0 Å². The molecule has 1 saturated heterocycles. The number of nitrogens with one attached hydrogen (secondary N) is 1. The highest BCUT2D eigenvalue weighted by atomic mass is 16.2. The van der Waals surface area contributed by atoms with Crippen molar-refractivity contribution in [2.45, 2.75) is 37.8 Å². The van der Waals surface area contributed by atoms with Gasteiger partial charge in [0.05, 0.1) is 12.5 Å². The standard InChI is InChI=1S/C9H14N2O2/c1-9(3-4-9)10-6-5-7(12)11(2)8(6)13/h6,10H,3-5H2,1-2H3. The van der Waals surface area contributed by atoms with E-state index in [9.17, 15) is 9.59 Å². The lowest BCUT2D eigenvalue weighted by atomic mass is 10.2. The summed E-state index contributed by atoms with van der Waals surface area (Å²) in [6, 6.07) is -0.273. The molecule has 4 nitrogen and oxygen atoms in total. The molecule has 0 radical (unpaired) electrons. The summed E-state index contributed by atoms with van der Waals surface area (Å²) in [5.74, 6) is -0.162. The number of hydrogen-bond donors (Lipinski definition) is 1. The normalized spacial score (nSPS) is 31.2. The molecule has 2 fully saturated rings. The first kappa shape index (κ1) is 8.69. The van der Waals surface area contributed by atoms with E-state index in [1.54, 1.807) is 7.05 Å². The van der Waals surface area contributed by atoms with Crippen LogP contribution in [0, 0.1) is 0 Å². The fourth-order valence-corrected chi connectivity index (χ4v) is 1.62. The van der Waals surface area contributed by atoms with Crippen molar-refractivity contribution in [3.63, 3.8) is 0 Å². The van der Waals surface area contributed by atoms with Gasteiger partial charge in [0, 0.05) is 12.6 Å². The molecule has 1 aliphatic carbocycles. The van der Waals surface area contributed by atoms with E-state index in [2.05, 4.69) is 12.2 Å². The Hall–Kier alpha value is -0.900. The van der Waals surface area contributed by atoms with Gasteiger partial charge in [-0.05, 0) is 19.8 Å². The Morgan fingerprint density at radius 2 is 2.08 bits per heavy atom. The van der Waals surface area contributed by atoms with Crippen LogP contribution in [0.1, 0.15) is 26.2 Å². The highest BCUT2D eigenvalue weighted by Crippen LogP contribution is 2.35. The van der Waals surface area contributed by atoms with Gasteiger partial charge in [0.15, 0.2) is 0 Å². The van der Waals surface area contributed by atoms with E-state index in [0.717, 1.165) is 12.8 Å². The van der Waals surface area contributed by atoms with E-state index < -0.39 is 0 Å². The molecule has 1 aliphatic heterocycles. The van der Waals surface area contributed by atoms with Gasteiger partial charge in [-0.3, -0.25) is 14.5 Å². The molecule has 0 spiro atoms. The van der Waals surface area contributed by atoms with Gasteiger partial charge in [0.1, 0.15) is 0 Å². The van der Waals surface area contributed by atoms with Crippen molar-refractivity contribution in [1.82, 2.24) is 10.2 Å². The predicted octanol–water partition coefficient (Wildman–Crippen LogP) is -0.114. The van der Waals surface area contributed by atoms with Crippen LogP contribution in [-0.4, -0.2) is 35.3 Å². The first-order chi connectivity index (χ1) is 6.02. The second-order valence-corrected chi connectivity index (χ2v) is 4.25. The Morgan fingerprint density at radius 3 is 2.46 bits per heavy atom. The summed E-state index contributed by atoms with van der Waals surface area (Å²) in [7, 11) is 1.54. The number of imide groups is 1. The molecule has 2 aliphatic rings. The molecule has 1 unspecified atom stereocenters. The van der Waals surface area contributed by atoms with Gasteiger partial charge >= 0.3 is 0 Å². The van der Waals surface area contributed by atoms with Crippen molar-refractivity contribution < 1.29 is 9.59 Å². The van der Waals surface area contributed by atoms with Crippen LogP contribution in [0.15, 0.2) is 0 Å². The van der Waals surface area contributed by atoms with E-state index in [1.807, 2.05) is 0 Å². The molecular weight excluding hydrogens is 168 g/mol. The second kappa shape index (κ2) is 2.54. The van der Waals surface area contributed by atoms with E-state index in [-0.39, 0.29) is 23.4 Å². The van der Waals surface area contributed by atoms with Crippen molar-refractivity contribution in [1.29, 1.82) is 0 Å². The Kier molecular flexibility index (Phi) is 1.70. The van der Waals surface area contributed by atoms with Crippen LogP contribution < -0.4 is 5.32 Å². The van der Waals surface area contributed by atoms with Crippen molar-refractivity contribution in [2.24, 2.45) is 0 Å². The average Bonchev–Trinajstić information content (AvgIpc) is 2.74. The summed E-state index contributed by atoms with van der Waals surface area (Å²) >= 11 is 0. The summed E-state index contributed by atoms with van der Waals surface area (Å²) in [4.78, 5) is 23.8. The van der Waals surface area contributed by atoms with Gasteiger partial charge in [0.25, 0.3) is 0 Å². The maximum absolute atomic E-state index is 11.5. The van der Waals surface area contributed by atoms with Crippen molar-refractivity contribution >= 4 is 11.8 Å². The zero-order valence-electron chi connectivity index (χ0n) is 7.96. The number of likely N-dealkylation sites (N-methyl/N-ethyl adjacent to an activating group) is 1. The summed E-state index contributed by atoms with van der Waals surface area (Å²) < 4.78 is 0. The topological polar surface area (TPSA) is 49.4 Å². The zero-order chi connectivity index (χ0) is 9.64. The minimum atomic E-state index is -0.273. The van der Waals surface area contributed by atoms with E-state index in [1.165, 1.54) is 4.90 Å². The quantitative estimate of drug-likeness (QED) is 0.606. The van der Waals surface area contributed by atoms with Gasteiger partial charge in [-0.25, -0.2) is 0 Å². The average molecular weight is 182 g/mol. The van der Waals surface area contributed by atoms with Gasteiger partial charge in [0.2, 0.25) is 11.8 Å². The molecule has 0 bridgehead atoms. The van der Waals surface area contributed by atoms with Crippen molar-refractivity contribution in [3.8, 4) is 0 Å². The molecule has 0 aromatic heterocycles. The molecule has 0 aromatic carbocycles. The largest absolute Gasteiger partial charge is 0.300 e. The van der Waals surface area contributed by atoms with Gasteiger partial charge in [-0.15, -0.1) is 0 Å². The lowest BCUT2D eigenvalue weighted by molar-refractivity contribution is -0.137. The third-order valence-electron chi connectivity index (χ3n) is 2.90. The molecule has 2 rings (SSSR count). The summed E-state index contributed by atoms with van der Waals surface area (Å²) in [6.45, 7) is 2.09. The molecule has 0 aromatic rings. The fraction of sp³-hybridized carbons (Fsp3) is 0.778. The van der Waals surface area contributed by atoms with Gasteiger partial charge in [-0.1, -0.05) is 0 Å². The SMILES string of the molecule is CN1C(=O)CC(NC2(C)CC2)C1=O. The van der Waals surface area contributed by atoms with E-state index >= 15 is 0 Å². The van der Waals surface area contributed by atoms with E-state index in [0.29, 0.717) is 6.42 Å². The molecule has 1 heterocycles. The first-order valence-electron chi connectivity index (χ1n) is 4.60. The second-order valence-electron chi connectivity index (χ2n) is 4.25.